The number of carbonyl (C=O) groups is 4. The molecule has 0 saturated heterocycles. The van der Waals surface area contributed by atoms with Crippen LogP contribution >= 0.6 is 23.2 Å². The molecule has 12 heteroatoms. The minimum atomic E-state index is -0.886. The van der Waals surface area contributed by atoms with Gasteiger partial charge in [-0.05, 0) is 110 Å². The third-order valence-corrected chi connectivity index (χ3v) is 7.49. The van der Waals surface area contributed by atoms with Crippen molar-refractivity contribution < 1.29 is 38.9 Å². The smallest absolute Gasteiger partial charge is 0.303 e. The Balaban J connectivity index is 0.000000260. The zero-order chi connectivity index (χ0) is 35.1. The monoisotopic (exact) mass is 694 g/mol. The van der Waals surface area contributed by atoms with Crippen LogP contribution in [0.15, 0.2) is 97.1 Å². The van der Waals surface area contributed by atoms with E-state index >= 15 is 0 Å². The molecule has 10 nitrogen and oxygen atoms in total. The molecule has 4 aromatic carbocycles. The van der Waals surface area contributed by atoms with E-state index in [0.717, 1.165) is 0 Å². The molecule has 2 N–H and O–H groups in total. The van der Waals surface area contributed by atoms with Crippen LogP contribution in [-0.2, 0) is 9.59 Å². The number of hydrogen-bond donors (Lipinski definition) is 2. The number of ether oxygens (including phenoxy) is 2. The molecule has 0 aliphatic rings. The summed E-state index contributed by atoms with van der Waals surface area (Å²) in [5, 5.41) is 18.7. The van der Waals surface area contributed by atoms with Crippen molar-refractivity contribution in [3.05, 3.63) is 118 Å². The van der Waals surface area contributed by atoms with Crippen LogP contribution in [0.1, 0.15) is 46.4 Å². The Hall–Kier alpha value is -5.06. The van der Waals surface area contributed by atoms with Gasteiger partial charge in [-0.1, -0.05) is 23.2 Å². The number of benzene rings is 4. The van der Waals surface area contributed by atoms with Crippen molar-refractivity contribution in [3.8, 4) is 11.5 Å². The molecule has 0 fully saturated rings. The second kappa shape index (κ2) is 18.9. The summed E-state index contributed by atoms with van der Waals surface area (Å²) in [4.78, 5) is 50.2. The Morgan fingerprint density at radius 3 is 1.12 bits per heavy atom. The summed E-state index contributed by atoms with van der Waals surface area (Å²) in [6, 6.07) is 27.3. The highest BCUT2D eigenvalue weighted by atomic mass is 35.5. The Morgan fingerprint density at radius 1 is 0.542 bits per heavy atom. The number of nitrogens with zero attached hydrogens (tertiary/aromatic N) is 2. The first-order chi connectivity index (χ1) is 23.0. The van der Waals surface area contributed by atoms with Gasteiger partial charge in [-0.3, -0.25) is 19.2 Å². The first-order valence-electron chi connectivity index (χ1n) is 14.9. The van der Waals surface area contributed by atoms with E-state index < -0.39 is 11.9 Å². The zero-order valence-electron chi connectivity index (χ0n) is 26.5. The molecule has 4 aromatic rings. The quantitative estimate of drug-likeness (QED) is 0.137. The number of hydrogen-bond acceptors (Lipinski definition) is 6. The van der Waals surface area contributed by atoms with Gasteiger partial charge in [0.2, 0.25) is 0 Å². The number of anilines is 2. The summed E-state index contributed by atoms with van der Waals surface area (Å²) in [6.07, 6.45) is 0.725. The van der Waals surface area contributed by atoms with E-state index in [1.165, 1.54) is 0 Å². The molecular weight excluding hydrogens is 659 g/mol. The largest absolute Gasteiger partial charge is 0.497 e. The van der Waals surface area contributed by atoms with Gasteiger partial charge in [0, 0.05) is 58.5 Å². The van der Waals surface area contributed by atoms with Crippen molar-refractivity contribution in [1.82, 2.24) is 0 Å². The maximum Gasteiger partial charge on any atom is 0.303 e. The molecule has 0 atom stereocenters. The molecule has 0 aliphatic heterocycles. The SMILES string of the molecule is COc1ccc(N(CCCC(=O)O)C(=O)c2ccc(Cl)cc2)cc1.COc1ccc(N(CCCC(=O)O)C(=O)c2ccc(Cl)cc2)cc1. The van der Waals surface area contributed by atoms with E-state index in [2.05, 4.69) is 0 Å². The van der Waals surface area contributed by atoms with Crippen LogP contribution in [0.2, 0.25) is 10.0 Å². The molecular formula is C36H36Cl2N2O8. The van der Waals surface area contributed by atoms with Gasteiger partial charge in [0.15, 0.2) is 0 Å². The number of carboxylic acids is 2. The molecule has 2 amide bonds. The van der Waals surface area contributed by atoms with Crippen molar-refractivity contribution in [2.24, 2.45) is 0 Å². The van der Waals surface area contributed by atoms with Crippen molar-refractivity contribution in [1.29, 1.82) is 0 Å². The molecule has 0 aromatic heterocycles. The van der Waals surface area contributed by atoms with Crippen LogP contribution in [0.4, 0.5) is 11.4 Å². The van der Waals surface area contributed by atoms with Crippen LogP contribution in [0.25, 0.3) is 0 Å². The van der Waals surface area contributed by atoms with Gasteiger partial charge in [-0.25, -0.2) is 0 Å². The van der Waals surface area contributed by atoms with Gasteiger partial charge in [0.1, 0.15) is 11.5 Å². The van der Waals surface area contributed by atoms with E-state index in [9.17, 15) is 19.2 Å². The van der Waals surface area contributed by atoms with Crippen molar-refractivity contribution in [2.75, 3.05) is 37.1 Å². The molecule has 48 heavy (non-hydrogen) atoms. The Labute approximate surface area is 289 Å². The van der Waals surface area contributed by atoms with Gasteiger partial charge in [-0.15, -0.1) is 0 Å². The van der Waals surface area contributed by atoms with Crippen molar-refractivity contribution in [2.45, 2.75) is 25.7 Å². The lowest BCUT2D eigenvalue weighted by Crippen LogP contribution is -2.32. The number of amides is 2. The van der Waals surface area contributed by atoms with Crippen molar-refractivity contribution >= 4 is 58.3 Å². The molecule has 0 heterocycles. The molecule has 0 spiro atoms. The highest BCUT2D eigenvalue weighted by Gasteiger charge is 2.19. The third kappa shape index (κ3) is 11.6. The summed E-state index contributed by atoms with van der Waals surface area (Å²) in [6.45, 7) is 0.611. The molecule has 0 saturated carbocycles. The maximum absolute atomic E-state index is 12.8. The second-order valence-corrected chi connectivity index (χ2v) is 11.2. The standard InChI is InChI=1S/2C18H18ClNO4/c2*1-24-16-10-8-15(9-11-16)20(12-2-3-17(21)22)18(23)13-4-6-14(19)7-5-13/h2*4-11H,2-3,12H2,1H3,(H,21,22). The van der Waals surface area contributed by atoms with Crippen LogP contribution < -0.4 is 19.3 Å². The van der Waals surface area contributed by atoms with Gasteiger partial charge < -0.3 is 29.5 Å². The van der Waals surface area contributed by atoms with E-state index in [-0.39, 0.29) is 24.7 Å². The molecule has 252 valence electrons. The van der Waals surface area contributed by atoms with Crippen LogP contribution in [-0.4, -0.2) is 61.3 Å². The lowest BCUT2D eigenvalue weighted by molar-refractivity contribution is -0.138. The number of rotatable bonds is 14. The van der Waals surface area contributed by atoms with Gasteiger partial charge >= 0.3 is 11.9 Å². The fourth-order valence-corrected chi connectivity index (χ4v) is 4.75. The number of halogens is 2. The summed E-state index contributed by atoms with van der Waals surface area (Å²) >= 11 is 11.7. The normalized spacial score (nSPS) is 10.2. The summed E-state index contributed by atoms with van der Waals surface area (Å²) in [7, 11) is 3.14. The minimum absolute atomic E-state index is 0.000548. The predicted molar refractivity (Wildman–Crippen MR) is 186 cm³/mol. The highest BCUT2D eigenvalue weighted by molar-refractivity contribution is 6.31. The number of carboxylic acid groups (broad SMARTS) is 2. The molecule has 0 radical (unpaired) electrons. The second-order valence-electron chi connectivity index (χ2n) is 10.3. The molecule has 4 rings (SSSR count). The Morgan fingerprint density at radius 2 is 0.854 bits per heavy atom. The third-order valence-electron chi connectivity index (χ3n) is 6.99. The summed E-state index contributed by atoms with van der Waals surface area (Å²) in [5.41, 5.74) is 2.35. The average molecular weight is 696 g/mol. The van der Waals surface area contributed by atoms with Gasteiger partial charge in [0.25, 0.3) is 11.8 Å². The molecule has 0 aliphatic carbocycles. The first kappa shape index (κ1) is 37.4. The zero-order valence-corrected chi connectivity index (χ0v) is 28.0. The highest BCUT2D eigenvalue weighted by Crippen LogP contribution is 2.24. The molecule has 0 bridgehead atoms. The van der Waals surface area contributed by atoms with Crippen molar-refractivity contribution in [3.63, 3.8) is 0 Å². The Kier molecular flexibility index (Phi) is 14.7. The topological polar surface area (TPSA) is 134 Å². The number of methoxy groups -OCH3 is 2. The Bertz CT molecular complexity index is 1520. The summed E-state index contributed by atoms with van der Waals surface area (Å²) < 4.78 is 10.2. The molecule has 0 unspecified atom stereocenters. The van der Waals surface area contributed by atoms with Gasteiger partial charge in [0.05, 0.1) is 14.2 Å². The van der Waals surface area contributed by atoms with Gasteiger partial charge in [-0.2, -0.15) is 0 Å². The predicted octanol–water partition coefficient (Wildman–Crippen LogP) is 7.72. The van der Waals surface area contributed by atoms with E-state index in [0.29, 0.717) is 70.0 Å². The number of carbonyl (C=O) groups excluding carboxylic acids is 2. The van der Waals surface area contributed by atoms with Crippen LogP contribution in [0, 0.1) is 0 Å². The lowest BCUT2D eigenvalue weighted by atomic mass is 10.1. The fraction of sp³-hybridized carbons (Fsp3) is 0.222. The summed E-state index contributed by atoms with van der Waals surface area (Å²) in [5.74, 6) is -0.817. The fourth-order valence-electron chi connectivity index (χ4n) is 4.49. The van der Waals surface area contributed by atoms with Crippen LogP contribution in [0.5, 0.6) is 11.5 Å². The lowest BCUT2D eigenvalue weighted by Gasteiger charge is -2.23. The van der Waals surface area contributed by atoms with E-state index in [1.54, 1.807) is 121 Å². The van der Waals surface area contributed by atoms with E-state index in [1.807, 2.05) is 0 Å². The first-order valence-corrected chi connectivity index (χ1v) is 15.6. The van der Waals surface area contributed by atoms with Crippen LogP contribution in [0.3, 0.4) is 0 Å². The maximum atomic E-state index is 12.8. The number of aliphatic carboxylic acids is 2. The van der Waals surface area contributed by atoms with E-state index in [4.69, 9.17) is 42.9 Å². The average Bonchev–Trinajstić information content (AvgIpc) is 3.09. The minimum Gasteiger partial charge on any atom is -0.497 e.